The Hall–Kier alpha value is -3.25. The summed E-state index contributed by atoms with van der Waals surface area (Å²) in [6, 6.07) is 6.90. The van der Waals surface area contributed by atoms with Gasteiger partial charge in [-0.25, -0.2) is 0 Å². The summed E-state index contributed by atoms with van der Waals surface area (Å²) in [5.74, 6) is -0.999. The standard InChI is InChI=1S/C28H34O15/c1-10-21(32)23(34)25(36)27(40-10)39-9-19-22(33)24(35)26(37)28(43-19)41-12-6-14(30)20-15(31)8-17(42-18(20)7-12)11-3-4-16(38-2)13(29)5-11/h3-7,10,17,19,21-30,32-37H,8-9H2,1-2H3/t10-,17?,19+,21-,22+,23+,24-,25+,26+,27-,28-/m0/s1. The number of aliphatic hydroxyl groups is 6. The van der Waals surface area contributed by atoms with Crippen LogP contribution in [0.15, 0.2) is 30.3 Å². The first kappa shape index (κ1) is 31.2. The lowest BCUT2D eigenvalue weighted by atomic mass is 9.95. The Morgan fingerprint density at radius 3 is 2.23 bits per heavy atom. The van der Waals surface area contributed by atoms with Crippen LogP contribution in [0.25, 0.3) is 0 Å². The number of benzene rings is 2. The molecule has 0 radical (unpaired) electrons. The van der Waals surface area contributed by atoms with Crippen LogP contribution in [-0.2, 0) is 14.2 Å². The van der Waals surface area contributed by atoms with Gasteiger partial charge in [0.2, 0.25) is 6.29 Å². The number of fused-ring (bicyclic) bond motifs is 1. The van der Waals surface area contributed by atoms with Gasteiger partial charge in [0.25, 0.3) is 0 Å². The highest BCUT2D eigenvalue weighted by Gasteiger charge is 2.47. The summed E-state index contributed by atoms with van der Waals surface area (Å²) in [5.41, 5.74) is 0.373. The van der Waals surface area contributed by atoms with Crippen LogP contribution in [0.4, 0.5) is 0 Å². The van der Waals surface area contributed by atoms with Crippen LogP contribution in [0.1, 0.15) is 35.4 Å². The molecule has 2 fully saturated rings. The number of Topliss-reactive ketones (excluding diaryl/α,β-unsaturated/α-hetero) is 1. The summed E-state index contributed by atoms with van der Waals surface area (Å²) in [5, 5.41) is 82.2. The second-order valence-electron chi connectivity index (χ2n) is 10.6. The summed E-state index contributed by atoms with van der Waals surface area (Å²) < 4.78 is 33.1. The maximum atomic E-state index is 12.9. The molecule has 0 bridgehead atoms. The van der Waals surface area contributed by atoms with Crippen molar-refractivity contribution in [2.24, 2.45) is 0 Å². The minimum atomic E-state index is -1.77. The normalized spacial score (nSPS) is 36.0. The number of hydrogen-bond donors (Lipinski definition) is 8. The van der Waals surface area contributed by atoms with Gasteiger partial charge in [-0.15, -0.1) is 0 Å². The molecule has 0 spiro atoms. The van der Waals surface area contributed by atoms with E-state index in [0.29, 0.717) is 5.56 Å². The largest absolute Gasteiger partial charge is 0.507 e. The van der Waals surface area contributed by atoms with Crippen LogP contribution in [-0.4, -0.2) is 122 Å². The number of rotatable bonds is 7. The van der Waals surface area contributed by atoms with E-state index in [1.807, 2.05) is 0 Å². The number of methoxy groups -OCH3 is 1. The summed E-state index contributed by atoms with van der Waals surface area (Å²) in [4.78, 5) is 12.9. The van der Waals surface area contributed by atoms with Crippen LogP contribution in [0.2, 0.25) is 0 Å². The van der Waals surface area contributed by atoms with E-state index in [9.17, 15) is 45.6 Å². The summed E-state index contributed by atoms with van der Waals surface area (Å²) in [6.07, 6.45) is -15.9. The smallest absolute Gasteiger partial charge is 0.229 e. The number of phenolic OH excluding ortho intramolecular Hbond substituents is 2. The van der Waals surface area contributed by atoms with E-state index in [1.165, 1.54) is 32.2 Å². The van der Waals surface area contributed by atoms with Crippen molar-refractivity contribution in [3.63, 3.8) is 0 Å². The predicted molar refractivity (Wildman–Crippen MR) is 141 cm³/mol. The lowest BCUT2D eigenvalue weighted by molar-refractivity contribution is -0.318. The van der Waals surface area contributed by atoms with Crippen molar-refractivity contribution in [2.75, 3.05) is 13.7 Å². The molecule has 11 atom stereocenters. The minimum absolute atomic E-state index is 0.0457. The molecular weight excluding hydrogens is 576 g/mol. The third-order valence-electron chi connectivity index (χ3n) is 7.70. The van der Waals surface area contributed by atoms with Gasteiger partial charge in [-0.3, -0.25) is 4.79 Å². The Morgan fingerprint density at radius 1 is 0.837 bits per heavy atom. The summed E-state index contributed by atoms with van der Waals surface area (Å²) >= 11 is 0. The number of hydrogen-bond acceptors (Lipinski definition) is 15. The topological polar surface area (TPSA) is 234 Å². The minimum Gasteiger partial charge on any atom is -0.507 e. The molecule has 43 heavy (non-hydrogen) atoms. The predicted octanol–water partition coefficient (Wildman–Crippen LogP) is -1.16. The van der Waals surface area contributed by atoms with Gasteiger partial charge in [-0.2, -0.15) is 0 Å². The SMILES string of the molecule is COc1ccc(C2CC(=O)c3c(O)cc(O[C@H]4O[C@H](CO[C@H]5O[C@@H](C)[C@H](O)[C@@H](O)[C@H]5O)[C@@H](O)[C@H](O)[C@H]4O)cc3O2)cc1O. The molecule has 2 saturated heterocycles. The molecule has 8 N–H and O–H groups in total. The van der Waals surface area contributed by atoms with Gasteiger partial charge in [0, 0.05) is 12.1 Å². The molecule has 5 rings (SSSR count). The third-order valence-corrected chi connectivity index (χ3v) is 7.70. The molecule has 3 aliphatic heterocycles. The van der Waals surface area contributed by atoms with Crippen LogP contribution in [0.5, 0.6) is 28.7 Å². The molecule has 3 aliphatic rings. The average molecular weight is 611 g/mol. The fraction of sp³-hybridized carbons (Fsp3) is 0.536. The van der Waals surface area contributed by atoms with Gasteiger partial charge in [0.1, 0.15) is 71.6 Å². The quantitative estimate of drug-likeness (QED) is 0.185. The summed E-state index contributed by atoms with van der Waals surface area (Å²) in [7, 11) is 1.39. The molecule has 0 amide bonds. The highest BCUT2D eigenvalue weighted by molar-refractivity contribution is 6.02. The van der Waals surface area contributed by atoms with Crippen LogP contribution < -0.4 is 14.2 Å². The van der Waals surface area contributed by atoms with Crippen molar-refractivity contribution < 1.29 is 74.1 Å². The number of aliphatic hydroxyl groups excluding tert-OH is 6. The summed E-state index contributed by atoms with van der Waals surface area (Å²) in [6.45, 7) is 0.964. The molecule has 15 heteroatoms. The van der Waals surface area contributed by atoms with Crippen molar-refractivity contribution in [1.29, 1.82) is 0 Å². The van der Waals surface area contributed by atoms with E-state index in [2.05, 4.69) is 0 Å². The van der Waals surface area contributed by atoms with Crippen LogP contribution in [0, 0.1) is 0 Å². The Kier molecular flexibility index (Phi) is 8.99. The Balaban J connectivity index is 1.30. The van der Waals surface area contributed by atoms with Crippen LogP contribution in [0.3, 0.4) is 0 Å². The number of ketones is 1. The van der Waals surface area contributed by atoms with Crippen molar-refractivity contribution in [1.82, 2.24) is 0 Å². The molecule has 2 aromatic carbocycles. The van der Waals surface area contributed by atoms with Gasteiger partial charge < -0.3 is 69.3 Å². The lowest BCUT2D eigenvalue weighted by Gasteiger charge is -2.42. The highest BCUT2D eigenvalue weighted by Crippen LogP contribution is 2.43. The maximum absolute atomic E-state index is 12.9. The molecule has 0 aliphatic carbocycles. The van der Waals surface area contributed by atoms with E-state index < -0.39 is 85.7 Å². The van der Waals surface area contributed by atoms with E-state index in [-0.39, 0.29) is 35.0 Å². The van der Waals surface area contributed by atoms with Gasteiger partial charge >= 0.3 is 0 Å². The van der Waals surface area contributed by atoms with Gasteiger partial charge in [0.05, 0.1) is 26.2 Å². The first-order valence-electron chi connectivity index (χ1n) is 13.5. The maximum Gasteiger partial charge on any atom is 0.229 e. The molecule has 0 aromatic heterocycles. The number of aromatic hydroxyl groups is 2. The van der Waals surface area contributed by atoms with Crippen molar-refractivity contribution in [2.45, 2.75) is 80.9 Å². The van der Waals surface area contributed by atoms with Crippen molar-refractivity contribution in [3.05, 3.63) is 41.5 Å². The van der Waals surface area contributed by atoms with Crippen LogP contribution >= 0.6 is 0 Å². The second-order valence-corrected chi connectivity index (χ2v) is 10.6. The van der Waals surface area contributed by atoms with E-state index in [4.69, 9.17) is 28.4 Å². The zero-order chi connectivity index (χ0) is 31.2. The number of carbonyl (C=O) groups excluding carboxylic acids is 1. The van der Waals surface area contributed by atoms with Crippen molar-refractivity contribution in [3.8, 4) is 28.7 Å². The monoisotopic (exact) mass is 610 g/mol. The molecular formula is C28H34O15. The van der Waals surface area contributed by atoms with Crippen molar-refractivity contribution >= 4 is 5.78 Å². The van der Waals surface area contributed by atoms with E-state index in [1.54, 1.807) is 6.07 Å². The fourth-order valence-electron chi connectivity index (χ4n) is 5.20. The van der Waals surface area contributed by atoms with Gasteiger partial charge in [0.15, 0.2) is 23.6 Å². The molecule has 3 heterocycles. The number of carbonyl (C=O) groups is 1. The number of ether oxygens (including phenoxy) is 6. The lowest BCUT2D eigenvalue weighted by Crippen LogP contribution is -2.61. The zero-order valence-electron chi connectivity index (χ0n) is 23.1. The molecule has 15 nitrogen and oxygen atoms in total. The van der Waals surface area contributed by atoms with E-state index >= 15 is 0 Å². The molecule has 2 aromatic rings. The first-order valence-corrected chi connectivity index (χ1v) is 13.5. The van der Waals surface area contributed by atoms with Gasteiger partial charge in [-0.1, -0.05) is 6.07 Å². The first-order chi connectivity index (χ1) is 20.4. The third kappa shape index (κ3) is 6.08. The molecule has 1 unspecified atom stereocenters. The molecule has 236 valence electrons. The average Bonchev–Trinajstić information content (AvgIpc) is 2.97. The van der Waals surface area contributed by atoms with E-state index in [0.717, 1.165) is 6.07 Å². The van der Waals surface area contributed by atoms with Gasteiger partial charge in [-0.05, 0) is 24.6 Å². The zero-order valence-corrected chi connectivity index (χ0v) is 23.1. The Labute approximate surface area is 245 Å². The molecule has 0 saturated carbocycles. The number of phenols is 2. The fourth-order valence-corrected chi connectivity index (χ4v) is 5.20. The Bertz CT molecular complexity index is 1320. The highest BCUT2D eigenvalue weighted by atomic mass is 16.7. The second kappa shape index (κ2) is 12.4. The Morgan fingerprint density at radius 2 is 1.53 bits per heavy atom.